The van der Waals surface area contributed by atoms with E-state index < -0.39 is 5.97 Å². The molecule has 0 heterocycles. The van der Waals surface area contributed by atoms with Gasteiger partial charge in [0, 0.05) is 20.0 Å². The summed E-state index contributed by atoms with van der Waals surface area (Å²) in [6.45, 7) is 5.07. The fourth-order valence-electron chi connectivity index (χ4n) is 4.87. The Morgan fingerprint density at radius 3 is 1.34 bits per heavy atom. The van der Waals surface area contributed by atoms with Crippen LogP contribution in [0.3, 0.4) is 0 Å². The molecule has 0 saturated carbocycles. The van der Waals surface area contributed by atoms with Crippen molar-refractivity contribution >= 4 is 11.9 Å². The van der Waals surface area contributed by atoms with Crippen molar-refractivity contribution in [1.29, 1.82) is 0 Å². The Morgan fingerprint density at radius 2 is 0.943 bits per heavy atom. The highest BCUT2D eigenvalue weighted by molar-refractivity contribution is 5.76. The van der Waals surface area contributed by atoms with E-state index in [-0.39, 0.29) is 11.8 Å². The van der Waals surface area contributed by atoms with Crippen LogP contribution in [0, 0.1) is 5.92 Å². The number of rotatable bonds is 27. The summed E-state index contributed by atoms with van der Waals surface area (Å²) in [6, 6.07) is 0. The van der Waals surface area contributed by atoms with Crippen molar-refractivity contribution in [2.75, 3.05) is 13.6 Å². The van der Waals surface area contributed by atoms with Crippen LogP contribution in [0.5, 0.6) is 0 Å². The zero-order valence-corrected chi connectivity index (χ0v) is 24.0. The molecule has 0 aromatic carbocycles. The molecule has 1 amide bonds. The van der Waals surface area contributed by atoms with Crippen LogP contribution in [0.15, 0.2) is 0 Å². The van der Waals surface area contributed by atoms with E-state index in [1.807, 2.05) is 7.05 Å². The zero-order chi connectivity index (χ0) is 26.0. The van der Waals surface area contributed by atoms with E-state index >= 15 is 0 Å². The quantitative estimate of drug-likeness (QED) is 0.115. The van der Waals surface area contributed by atoms with Gasteiger partial charge in [-0.1, -0.05) is 142 Å². The molecule has 0 radical (unpaired) electrons. The molecule has 1 N–H and O–H groups in total. The Kier molecular flexibility index (Phi) is 25.2. The van der Waals surface area contributed by atoms with Gasteiger partial charge in [-0.3, -0.25) is 9.59 Å². The minimum atomic E-state index is -0.701. The van der Waals surface area contributed by atoms with Crippen molar-refractivity contribution < 1.29 is 14.7 Å². The maximum Gasteiger partial charge on any atom is 0.306 e. The Balaban J connectivity index is 3.72. The second kappa shape index (κ2) is 26.0. The third-order valence-corrected chi connectivity index (χ3v) is 7.49. The summed E-state index contributed by atoms with van der Waals surface area (Å²) in [4.78, 5) is 25.8. The lowest BCUT2D eigenvalue weighted by atomic mass is 9.96. The van der Waals surface area contributed by atoms with E-state index in [0.717, 1.165) is 32.1 Å². The van der Waals surface area contributed by atoms with Crippen molar-refractivity contribution in [2.24, 2.45) is 5.92 Å². The number of aliphatic carboxylic acids is 1. The zero-order valence-electron chi connectivity index (χ0n) is 24.0. The monoisotopic (exact) mass is 495 g/mol. The molecule has 0 rings (SSSR count). The maximum atomic E-state index is 12.4. The van der Waals surface area contributed by atoms with E-state index in [2.05, 4.69) is 13.8 Å². The van der Waals surface area contributed by atoms with Gasteiger partial charge >= 0.3 is 5.97 Å². The van der Waals surface area contributed by atoms with Crippen LogP contribution in [-0.4, -0.2) is 35.5 Å². The number of unbranched alkanes of at least 4 members (excludes halogenated alkanes) is 19. The Labute approximate surface area is 219 Å². The van der Waals surface area contributed by atoms with Crippen LogP contribution in [-0.2, 0) is 9.59 Å². The first-order valence-electron chi connectivity index (χ1n) is 15.5. The van der Waals surface area contributed by atoms with Crippen molar-refractivity contribution in [1.82, 2.24) is 4.90 Å². The largest absolute Gasteiger partial charge is 0.481 e. The molecule has 0 aliphatic rings. The highest BCUT2D eigenvalue weighted by atomic mass is 16.4. The first-order chi connectivity index (χ1) is 17.0. The van der Waals surface area contributed by atoms with Crippen LogP contribution in [0.2, 0.25) is 0 Å². The molecular formula is C31H61NO3. The topological polar surface area (TPSA) is 57.6 Å². The maximum absolute atomic E-state index is 12.4. The van der Waals surface area contributed by atoms with Gasteiger partial charge in [0.2, 0.25) is 5.91 Å². The first-order valence-corrected chi connectivity index (χ1v) is 15.5. The molecule has 0 aromatic heterocycles. The highest BCUT2D eigenvalue weighted by Gasteiger charge is 2.19. The minimum Gasteiger partial charge on any atom is -0.481 e. The third-order valence-electron chi connectivity index (χ3n) is 7.49. The molecule has 0 bridgehead atoms. The Morgan fingerprint density at radius 1 is 0.571 bits per heavy atom. The van der Waals surface area contributed by atoms with Gasteiger partial charge in [0.25, 0.3) is 0 Å². The number of carbonyl (C=O) groups is 2. The van der Waals surface area contributed by atoms with Gasteiger partial charge in [-0.2, -0.15) is 0 Å². The van der Waals surface area contributed by atoms with E-state index in [0.29, 0.717) is 19.4 Å². The lowest BCUT2D eigenvalue weighted by Crippen LogP contribution is -2.30. The van der Waals surface area contributed by atoms with Crippen LogP contribution in [0.25, 0.3) is 0 Å². The van der Waals surface area contributed by atoms with Crippen LogP contribution in [0.1, 0.15) is 168 Å². The second-order valence-electron chi connectivity index (χ2n) is 10.9. The summed E-state index contributed by atoms with van der Waals surface area (Å²) in [5, 5.41) is 9.59. The van der Waals surface area contributed by atoms with Gasteiger partial charge in [-0.05, 0) is 19.3 Å². The summed E-state index contributed by atoms with van der Waals surface area (Å²) in [5.74, 6) is -0.851. The first kappa shape index (κ1) is 33.9. The van der Waals surface area contributed by atoms with Crippen LogP contribution >= 0.6 is 0 Å². The third kappa shape index (κ3) is 23.1. The highest BCUT2D eigenvalue weighted by Crippen LogP contribution is 2.18. The summed E-state index contributed by atoms with van der Waals surface area (Å²) >= 11 is 0. The standard InChI is InChI=1S/C31H61NO3/c1-4-6-8-10-12-14-15-16-18-19-21-23-25-29(31(34)35)27-28-32(3)30(33)26-24-22-20-17-13-11-9-7-5-2/h29H,4-28H2,1-3H3,(H,34,35). The molecule has 0 aliphatic heterocycles. The smallest absolute Gasteiger partial charge is 0.306 e. The fourth-order valence-corrected chi connectivity index (χ4v) is 4.87. The lowest BCUT2D eigenvalue weighted by molar-refractivity contribution is -0.143. The number of hydrogen-bond donors (Lipinski definition) is 1. The second-order valence-corrected chi connectivity index (χ2v) is 10.9. The van der Waals surface area contributed by atoms with Crippen molar-refractivity contribution in [3.63, 3.8) is 0 Å². The summed E-state index contributed by atoms with van der Waals surface area (Å²) in [5.41, 5.74) is 0. The van der Waals surface area contributed by atoms with Gasteiger partial charge in [0.15, 0.2) is 0 Å². The molecule has 208 valence electrons. The molecular weight excluding hydrogens is 434 g/mol. The van der Waals surface area contributed by atoms with Gasteiger partial charge < -0.3 is 10.0 Å². The van der Waals surface area contributed by atoms with Crippen molar-refractivity contribution in [3.05, 3.63) is 0 Å². The van der Waals surface area contributed by atoms with E-state index in [1.165, 1.54) is 109 Å². The van der Waals surface area contributed by atoms with Crippen LogP contribution in [0.4, 0.5) is 0 Å². The predicted octanol–water partition coefficient (Wildman–Crippen LogP) is 9.55. The number of amides is 1. The summed E-state index contributed by atoms with van der Waals surface area (Å²) in [6.07, 6.45) is 28.7. The Hall–Kier alpha value is -1.06. The SMILES string of the molecule is CCCCCCCCCCCCCCC(CCN(C)C(=O)CCCCCCCCCCC)C(=O)O. The summed E-state index contributed by atoms with van der Waals surface area (Å²) in [7, 11) is 1.83. The number of carbonyl (C=O) groups excluding carboxylic acids is 1. The molecule has 0 aliphatic carbocycles. The van der Waals surface area contributed by atoms with Crippen molar-refractivity contribution in [2.45, 2.75) is 168 Å². The molecule has 4 heteroatoms. The molecule has 1 unspecified atom stereocenters. The van der Waals surface area contributed by atoms with Gasteiger partial charge in [-0.25, -0.2) is 0 Å². The fraction of sp³-hybridized carbons (Fsp3) is 0.935. The Bertz CT molecular complexity index is 480. The molecule has 1 atom stereocenters. The predicted molar refractivity (Wildman–Crippen MR) is 151 cm³/mol. The molecule has 35 heavy (non-hydrogen) atoms. The normalized spacial score (nSPS) is 12.1. The number of hydrogen-bond acceptors (Lipinski definition) is 2. The van der Waals surface area contributed by atoms with Gasteiger partial charge in [0.05, 0.1) is 5.92 Å². The van der Waals surface area contributed by atoms with Gasteiger partial charge in [0.1, 0.15) is 0 Å². The minimum absolute atomic E-state index is 0.169. The number of carboxylic acid groups (broad SMARTS) is 1. The molecule has 0 fully saturated rings. The summed E-state index contributed by atoms with van der Waals surface area (Å²) < 4.78 is 0. The van der Waals surface area contributed by atoms with E-state index in [9.17, 15) is 14.7 Å². The number of nitrogens with zero attached hydrogens (tertiary/aromatic N) is 1. The average molecular weight is 496 g/mol. The molecule has 0 aromatic rings. The van der Waals surface area contributed by atoms with Crippen molar-refractivity contribution in [3.8, 4) is 0 Å². The van der Waals surface area contributed by atoms with E-state index in [1.54, 1.807) is 4.90 Å². The van der Waals surface area contributed by atoms with Crippen LogP contribution < -0.4 is 0 Å². The number of carboxylic acids is 1. The van der Waals surface area contributed by atoms with E-state index in [4.69, 9.17) is 0 Å². The lowest BCUT2D eigenvalue weighted by Gasteiger charge is -2.20. The molecule has 0 saturated heterocycles. The molecule has 4 nitrogen and oxygen atoms in total. The molecule has 0 spiro atoms. The van der Waals surface area contributed by atoms with Gasteiger partial charge in [-0.15, -0.1) is 0 Å². The average Bonchev–Trinajstić information content (AvgIpc) is 2.84.